The third-order valence-electron chi connectivity index (χ3n) is 3.89. The minimum Gasteiger partial charge on any atom is -0.382 e. The molecule has 0 atom stereocenters. The largest absolute Gasteiger partial charge is 0.382 e. The molecule has 0 aliphatic heterocycles. The molecule has 1 aliphatic carbocycles. The number of rotatable bonds is 2. The molecule has 1 heterocycles. The number of aromatic nitrogens is 2. The lowest BCUT2D eigenvalue weighted by atomic mass is 9.75. The maximum Gasteiger partial charge on any atom is 0.151 e. The van der Waals surface area contributed by atoms with E-state index in [4.69, 9.17) is 5.73 Å². The molecule has 1 aromatic rings. The summed E-state index contributed by atoms with van der Waals surface area (Å²) in [5.41, 5.74) is 6.05. The number of hydrogen-bond acceptors (Lipinski definition) is 4. The van der Waals surface area contributed by atoms with Gasteiger partial charge in [0.05, 0.1) is 0 Å². The molecule has 1 saturated carbocycles. The number of nitrogen functional groups attached to an aromatic ring is 1. The van der Waals surface area contributed by atoms with Crippen molar-refractivity contribution in [3.05, 3.63) is 12.1 Å². The van der Waals surface area contributed by atoms with Crippen LogP contribution in [0.3, 0.4) is 0 Å². The predicted octanol–water partition coefficient (Wildman–Crippen LogP) is 2.46. The van der Waals surface area contributed by atoms with Crippen molar-refractivity contribution in [2.24, 2.45) is 5.41 Å². The van der Waals surface area contributed by atoms with E-state index in [1.807, 2.05) is 12.1 Å². The Morgan fingerprint density at radius 1 is 1.24 bits per heavy atom. The molecule has 4 nitrogen and oxygen atoms in total. The van der Waals surface area contributed by atoms with Crippen molar-refractivity contribution < 1.29 is 0 Å². The van der Waals surface area contributed by atoms with E-state index in [1.165, 1.54) is 25.7 Å². The summed E-state index contributed by atoms with van der Waals surface area (Å²) >= 11 is 0. The number of nitrogens with zero attached hydrogens (tertiary/aromatic N) is 3. The molecule has 1 aliphatic rings. The first-order valence-electron chi connectivity index (χ1n) is 6.30. The quantitative estimate of drug-likeness (QED) is 0.854. The van der Waals surface area contributed by atoms with E-state index >= 15 is 0 Å². The summed E-state index contributed by atoms with van der Waals surface area (Å²) in [7, 11) is 2.10. The van der Waals surface area contributed by atoms with E-state index in [1.54, 1.807) is 0 Å². The highest BCUT2D eigenvalue weighted by molar-refractivity contribution is 5.41. The number of anilines is 2. The first-order chi connectivity index (χ1) is 7.98. The van der Waals surface area contributed by atoms with Gasteiger partial charge in [-0.15, -0.1) is 10.2 Å². The van der Waals surface area contributed by atoms with Crippen molar-refractivity contribution in [2.75, 3.05) is 17.7 Å². The molecule has 0 radical (unpaired) electrons. The topological polar surface area (TPSA) is 55.0 Å². The molecule has 0 amide bonds. The molecule has 0 unspecified atom stereocenters. The van der Waals surface area contributed by atoms with E-state index in [2.05, 4.69) is 36.0 Å². The molecule has 0 bridgehead atoms. The van der Waals surface area contributed by atoms with Crippen LogP contribution in [0.4, 0.5) is 11.6 Å². The molecule has 0 spiro atoms. The Morgan fingerprint density at radius 3 is 2.41 bits per heavy atom. The van der Waals surface area contributed by atoms with E-state index in [0.29, 0.717) is 17.3 Å². The highest BCUT2D eigenvalue weighted by Crippen LogP contribution is 2.37. The molecular weight excluding hydrogens is 212 g/mol. The Labute approximate surface area is 103 Å². The van der Waals surface area contributed by atoms with Crippen LogP contribution in [0.15, 0.2) is 12.1 Å². The summed E-state index contributed by atoms with van der Waals surface area (Å²) in [6, 6.07) is 4.34. The maximum absolute atomic E-state index is 5.55. The zero-order valence-electron chi connectivity index (χ0n) is 11.0. The monoisotopic (exact) mass is 234 g/mol. The van der Waals surface area contributed by atoms with E-state index in [-0.39, 0.29) is 0 Å². The average molecular weight is 234 g/mol. The van der Waals surface area contributed by atoms with Crippen LogP contribution in [-0.2, 0) is 0 Å². The zero-order valence-corrected chi connectivity index (χ0v) is 11.0. The predicted molar refractivity (Wildman–Crippen MR) is 70.9 cm³/mol. The van der Waals surface area contributed by atoms with Gasteiger partial charge in [0, 0.05) is 13.1 Å². The van der Waals surface area contributed by atoms with Crippen molar-refractivity contribution >= 4 is 11.6 Å². The maximum atomic E-state index is 5.55. The summed E-state index contributed by atoms with van der Waals surface area (Å²) < 4.78 is 0. The smallest absolute Gasteiger partial charge is 0.151 e. The van der Waals surface area contributed by atoms with Gasteiger partial charge in [-0.2, -0.15) is 0 Å². The third-order valence-corrected chi connectivity index (χ3v) is 3.89. The first-order valence-corrected chi connectivity index (χ1v) is 6.30. The van der Waals surface area contributed by atoms with Gasteiger partial charge in [-0.25, -0.2) is 0 Å². The van der Waals surface area contributed by atoms with Crippen LogP contribution in [0.5, 0.6) is 0 Å². The van der Waals surface area contributed by atoms with Crippen LogP contribution in [0, 0.1) is 5.41 Å². The molecule has 0 saturated heterocycles. The van der Waals surface area contributed by atoms with Gasteiger partial charge in [0.2, 0.25) is 0 Å². The summed E-state index contributed by atoms with van der Waals surface area (Å²) in [5.74, 6) is 1.40. The van der Waals surface area contributed by atoms with Crippen molar-refractivity contribution in [2.45, 2.75) is 45.6 Å². The molecule has 2 rings (SSSR count). The van der Waals surface area contributed by atoms with Crippen LogP contribution >= 0.6 is 0 Å². The fourth-order valence-electron chi connectivity index (χ4n) is 2.48. The van der Waals surface area contributed by atoms with Gasteiger partial charge in [0.1, 0.15) is 5.82 Å². The van der Waals surface area contributed by atoms with Gasteiger partial charge in [-0.05, 0) is 43.2 Å². The van der Waals surface area contributed by atoms with Gasteiger partial charge in [0.25, 0.3) is 0 Å². The van der Waals surface area contributed by atoms with Crippen molar-refractivity contribution in [1.29, 1.82) is 0 Å². The zero-order chi connectivity index (χ0) is 12.5. The van der Waals surface area contributed by atoms with E-state index < -0.39 is 0 Å². The van der Waals surface area contributed by atoms with Crippen LogP contribution in [0.25, 0.3) is 0 Å². The lowest BCUT2D eigenvalue weighted by Crippen LogP contribution is -2.37. The molecule has 2 N–H and O–H groups in total. The fourth-order valence-corrected chi connectivity index (χ4v) is 2.48. The molecule has 94 valence electrons. The Balaban J connectivity index is 2.01. The van der Waals surface area contributed by atoms with Crippen LogP contribution in [0.2, 0.25) is 0 Å². The molecule has 1 fully saturated rings. The van der Waals surface area contributed by atoms with Gasteiger partial charge < -0.3 is 10.6 Å². The third kappa shape index (κ3) is 2.87. The molecule has 0 aromatic carbocycles. The van der Waals surface area contributed by atoms with Crippen LogP contribution in [0.1, 0.15) is 39.5 Å². The molecule has 4 heteroatoms. The average Bonchev–Trinajstić information content (AvgIpc) is 2.29. The summed E-state index contributed by atoms with van der Waals surface area (Å²) in [4.78, 5) is 2.24. The first kappa shape index (κ1) is 12.1. The highest BCUT2D eigenvalue weighted by atomic mass is 15.3. The Hall–Kier alpha value is -1.32. The number of hydrogen-bond donors (Lipinski definition) is 1. The van der Waals surface area contributed by atoms with Gasteiger partial charge in [0.15, 0.2) is 5.82 Å². The number of nitrogens with two attached hydrogens (primary N) is 1. The lowest BCUT2D eigenvalue weighted by Gasteiger charge is -2.38. The molecule has 17 heavy (non-hydrogen) atoms. The summed E-state index contributed by atoms with van der Waals surface area (Å²) in [6.45, 7) is 4.71. The van der Waals surface area contributed by atoms with E-state index in [9.17, 15) is 0 Å². The van der Waals surface area contributed by atoms with E-state index in [0.717, 1.165) is 5.82 Å². The second-order valence-electron chi connectivity index (χ2n) is 5.82. The van der Waals surface area contributed by atoms with Crippen LogP contribution < -0.4 is 10.6 Å². The van der Waals surface area contributed by atoms with Crippen LogP contribution in [-0.4, -0.2) is 23.3 Å². The summed E-state index contributed by atoms with van der Waals surface area (Å²) in [5, 5.41) is 8.05. The Kier molecular flexibility index (Phi) is 3.22. The highest BCUT2D eigenvalue weighted by Gasteiger charge is 2.29. The summed E-state index contributed by atoms with van der Waals surface area (Å²) in [6.07, 6.45) is 5.03. The van der Waals surface area contributed by atoms with Crippen molar-refractivity contribution in [1.82, 2.24) is 10.2 Å². The second-order valence-corrected chi connectivity index (χ2v) is 5.82. The van der Waals surface area contributed by atoms with Crippen molar-refractivity contribution in [3.8, 4) is 0 Å². The van der Waals surface area contributed by atoms with Gasteiger partial charge in [-0.3, -0.25) is 0 Å². The fraction of sp³-hybridized carbons (Fsp3) is 0.692. The standard InChI is InChI=1S/C13H22N4/c1-13(2)8-6-10(7-9-13)17(3)12-5-4-11(14)15-16-12/h4-5,10H,6-9H2,1-3H3,(H2,14,15). The van der Waals surface area contributed by atoms with Gasteiger partial charge in [-0.1, -0.05) is 13.8 Å². The normalized spacial score (nSPS) is 20.2. The lowest BCUT2D eigenvalue weighted by molar-refractivity contribution is 0.222. The molecular formula is C13H22N4. The SMILES string of the molecule is CN(c1ccc(N)nn1)C1CCC(C)(C)CC1. The Morgan fingerprint density at radius 2 is 1.88 bits per heavy atom. The second kappa shape index (κ2) is 4.51. The minimum atomic E-state index is 0.479. The van der Waals surface area contributed by atoms with Gasteiger partial charge >= 0.3 is 0 Å². The Bertz CT molecular complexity index is 362. The molecule has 1 aromatic heterocycles. The minimum absolute atomic E-state index is 0.479. The van der Waals surface area contributed by atoms with Crippen molar-refractivity contribution in [3.63, 3.8) is 0 Å².